The van der Waals surface area contributed by atoms with Crippen LogP contribution in [0.2, 0.25) is 0 Å². The Morgan fingerprint density at radius 3 is 3.06 bits per heavy atom. The zero-order valence-electron chi connectivity index (χ0n) is 10.0. The monoisotopic (exact) mass is 237 g/mol. The van der Waals surface area contributed by atoms with Gasteiger partial charge in [0.25, 0.3) is 5.91 Å². The number of hydrogen-bond acceptors (Lipinski definition) is 4. The summed E-state index contributed by atoms with van der Waals surface area (Å²) in [5.41, 5.74) is 6.71. The molecule has 1 rings (SSSR count). The second-order valence-electron chi connectivity index (χ2n) is 3.99. The van der Waals surface area contributed by atoms with Gasteiger partial charge in [-0.1, -0.05) is 0 Å². The maximum atomic E-state index is 11.7. The lowest BCUT2D eigenvalue weighted by Gasteiger charge is -2.07. The van der Waals surface area contributed by atoms with Crippen LogP contribution in [0, 0.1) is 0 Å². The van der Waals surface area contributed by atoms with E-state index in [0.717, 1.165) is 6.42 Å². The molecule has 0 bridgehead atoms. The summed E-state index contributed by atoms with van der Waals surface area (Å²) in [7, 11) is 0. The molecular formula is C12H19N3O2. The minimum Gasteiger partial charge on any atom is -0.393 e. The summed E-state index contributed by atoms with van der Waals surface area (Å²) in [6.45, 7) is 2.62. The maximum Gasteiger partial charge on any atom is 0.251 e. The number of aliphatic hydroxyl groups is 1. The van der Waals surface area contributed by atoms with Crippen LogP contribution < -0.4 is 11.1 Å². The molecule has 0 spiro atoms. The molecule has 0 aliphatic heterocycles. The van der Waals surface area contributed by atoms with Crippen molar-refractivity contribution in [3.8, 4) is 0 Å². The predicted octanol–water partition coefficient (Wildman–Crippen LogP) is 0.431. The van der Waals surface area contributed by atoms with Crippen molar-refractivity contribution in [1.29, 1.82) is 0 Å². The smallest absolute Gasteiger partial charge is 0.251 e. The quantitative estimate of drug-likeness (QED) is 0.626. The highest BCUT2D eigenvalue weighted by Gasteiger charge is 2.05. The van der Waals surface area contributed by atoms with Crippen molar-refractivity contribution in [3.63, 3.8) is 0 Å². The first-order chi connectivity index (χ1) is 8.13. The van der Waals surface area contributed by atoms with Crippen molar-refractivity contribution in [1.82, 2.24) is 10.3 Å². The number of nitrogens with two attached hydrogens (primary N) is 1. The molecule has 0 aromatic carbocycles. The van der Waals surface area contributed by atoms with Crippen molar-refractivity contribution >= 4 is 5.91 Å². The number of carbonyl (C=O) groups is 1. The van der Waals surface area contributed by atoms with E-state index in [1.807, 2.05) is 0 Å². The summed E-state index contributed by atoms with van der Waals surface area (Å²) in [6, 6.07) is 3.34. The zero-order valence-corrected chi connectivity index (χ0v) is 10.0. The molecule has 1 heterocycles. The SMILES string of the molecule is CC(O)CCCNC(=O)c1ccnc(CN)c1. The Bertz CT molecular complexity index is 367. The molecule has 1 amide bonds. The fourth-order valence-electron chi connectivity index (χ4n) is 1.43. The Morgan fingerprint density at radius 2 is 2.41 bits per heavy atom. The first-order valence-electron chi connectivity index (χ1n) is 5.74. The van der Waals surface area contributed by atoms with E-state index in [1.54, 1.807) is 25.3 Å². The van der Waals surface area contributed by atoms with E-state index in [4.69, 9.17) is 10.8 Å². The van der Waals surface area contributed by atoms with Gasteiger partial charge >= 0.3 is 0 Å². The number of nitrogens with one attached hydrogen (secondary N) is 1. The fourth-order valence-corrected chi connectivity index (χ4v) is 1.43. The highest BCUT2D eigenvalue weighted by Crippen LogP contribution is 2.01. The minimum atomic E-state index is -0.323. The minimum absolute atomic E-state index is 0.132. The molecule has 0 aliphatic rings. The highest BCUT2D eigenvalue weighted by molar-refractivity contribution is 5.94. The normalized spacial score (nSPS) is 12.2. The largest absolute Gasteiger partial charge is 0.393 e. The standard InChI is InChI=1S/C12H19N3O2/c1-9(16)3-2-5-15-12(17)10-4-6-14-11(7-10)8-13/h4,6-7,9,16H,2-3,5,8,13H2,1H3,(H,15,17). The van der Waals surface area contributed by atoms with Crippen LogP contribution in [-0.2, 0) is 6.54 Å². The molecule has 1 aromatic rings. The van der Waals surface area contributed by atoms with Gasteiger partial charge in [-0.05, 0) is 31.9 Å². The summed E-state index contributed by atoms with van der Waals surface area (Å²) in [5, 5.41) is 11.9. The number of aromatic nitrogens is 1. The molecule has 1 unspecified atom stereocenters. The molecule has 0 aliphatic carbocycles. The molecule has 94 valence electrons. The van der Waals surface area contributed by atoms with E-state index in [-0.39, 0.29) is 12.0 Å². The predicted molar refractivity (Wildman–Crippen MR) is 65.4 cm³/mol. The Balaban J connectivity index is 2.41. The lowest BCUT2D eigenvalue weighted by Crippen LogP contribution is -2.25. The third-order valence-corrected chi connectivity index (χ3v) is 2.37. The fraction of sp³-hybridized carbons (Fsp3) is 0.500. The van der Waals surface area contributed by atoms with E-state index in [2.05, 4.69) is 10.3 Å². The Hall–Kier alpha value is -1.46. The van der Waals surface area contributed by atoms with E-state index in [1.165, 1.54) is 0 Å². The Morgan fingerprint density at radius 1 is 1.65 bits per heavy atom. The van der Waals surface area contributed by atoms with Crippen LogP contribution in [0.15, 0.2) is 18.3 Å². The molecule has 17 heavy (non-hydrogen) atoms. The summed E-state index contributed by atoms with van der Waals surface area (Å²) in [6.07, 6.45) is 2.70. The van der Waals surface area contributed by atoms with Crippen molar-refractivity contribution in [2.45, 2.75) is 32.4 Å². The van der Waals surface area contributed by atoms with Crippen LogP contribution in [-0.4, -0.2) is 28.6 Å². The molecule has 4 N–H and O–H groups in total. The topological polar surface area (TPSA) is 88.2 Å². The van der Waals surface area contributed by atoms with Crippen molar-refractivity contribution < 1.29 is 9.90 Å². The summed E-state index contributed by atoms with van der Waals surface area (Å²) in [5.74, 6) is -0.132. The molecule has 5 nitrogen and oxygen atoms in total. The number of rotatable bonds is 6. The van der Waals surface area contributed by atoms with E-state index in [0.29, 0.717) is 30.8 Å². The molecule has 0 saturated heterocycles. The molecule has 1 aromatic heterocycles. The summed E-state index contributed by atoms with van der Waals surface area (Å²) in [4.78, 5) is 15.7. The second-order valence-corrected chi connectivity index (χ2v) is 3.99. The van der Waals surface area contributed by atoms with Crippen LogP contribution >= 0.6 is 0 Å². The number of carbonyl (C=O) groups excluding carboxylic acids is 1. The lowest BCUT2D eigenvalue weighted by atomic mass is 10.2. The third-order valence-electron chi connectivity index (χ3n) is 2.37. The van der Waals surface area contributed by atoms with E-state index < -0.39 is 0 Å². The molecule has 0 radical (unpaired) electrons. The van der Waals surface area contributed by atoms with Crippen molar-refractivity contribution in [3.05, 3.63) is 29.6 Å². The van der Waals surface area contributed by atoms with Gasteiger partial charge in [-0.3, -0.25) is 9.78 Å². The number of hydrogen-bond donors (Lipinski definition) is 3. The van der Waals surface area contributed by atoms with Gasteiger partial charge in [0, 0.05) is 24.8 Å². The van der Waals surface area contributed by atoms with E-state index >= 15 is 0 Å². The Labute approximate surface area is 101 Å². The number of amides is 1. The molecule has 5 heteroatoms. The number of pyridine rings is 1. The molecular weight excluding hydrogens is 218 g/mol. The number of nitrogens with zero attached hydrogens (tertiary/aromatic N) is 1. The third kappa shape index (κ3) is 4.93. The van der Waals surface area contributed by atoms with Gasteiger partial charge < -0.3 is 16.2 Å². The van der Waals surface area contributed by atoms with Gasteiger partial charge in [0.2, 0.25) is 0 Å². The molecule has 1 atom stereocenters. The molecule has 0 fully saturated rings. The van der Waals surface area contributed by atoms with Crippen molar-refractivity contribution in [2.75, 3.05) is 6.54 Å². The van der Waals surface area contributed by atoms with Gasteiger partial charge in [-0.15, -0.1) is 0 Å². The zero-order chi connectivity index (χ0) is 12.7. The van der Waals surface area contributed by atoms with Crippen LogP contribution in [0.25, 0.3) is 0 Å². The van der Waals surface area contributed by atoms with Crippen LogP contribution in [0.5, 0.6) is 0 Å². The van der Waals surface area contributed by atoms with Gasteiger partial charge in [0.05, 0.1) is 11.8 Å². The first kappa shape index (κ1) is 13.6. The van der Waals surface area contributed by atoms with Crippen LogP contribution in [0.3, 0.4) is 0 Å². The van der Waals surface area contributed by atoms with Gasteiger partial charge in [-0.25, -0.2) is 0 Å². The Kier molecular flexibility index (Phi) is 5.59. The highest BCUT2D eigenvalue weighted by atomic mass is 16.3. The number of aliphatic hydroxyl groups excluding tert-OH is 1. The van der Waals surface area contributed by atoms with Gasteiger partial charge in [-0.2, -0.15) is 0 Å². The van der Waals surface area contributed by atoms with Crippen LogP contribution in [0.4, 0.5) is 0 Å². The average molecular weight is 237 g/mol. The second kappa shape index (κ2) is 6.98. The van der Waals surface area contributed by atoms with Crippen molar-refractivity contribution in [2.24, 2.45) is 5.73 Å². The lowest BCUT2D eigenvalue weighted by molar-refractivity contribution is 0.0949. The van der Waals surface area contributed by atoms with Crippen LogP contribution in [0.1, 0.15) is 35.8 Å². The van der Waals surface area contributed by atoms with Gasteiger partial charge in [0.15, 0.2) is 0 Å². The summed E-state index contributed by atoms with van der Waals surface area (Å²) >= 11 is 0. The van der Waals surface area contributed by atoms with Gasteiger partial charge in [0.1, 0.15) is 0 Å². The summed E-state index contributed by atoms with van der Waals surface area (Å²) < 4.78 is 0. The first-order valence-corrected chi connectivity index (χ1v) is 5.74. The average Bonchev–Trinajstić information content (AvgIpc) is 2.34. The molecule has 0 saturated carbocycles. The maximum absolute atomic E-state index is 11.7. The van der Waals surface area contributed by atoms with E-state index in [9.17, 15) is 4.79 Å².